The van der Waals surface area contributed by atoms with Crippen LogP contribution in [0.4, 0.5) is 13.2 Å². The molecule has 0 bridgehead atoms. The number of aliphatic hydroxyl groups is 1. The highest BCUT2D eigenvalue weighted by Crippen LogP contribution is 2.31. The Morgan fingerprint density at radius 3 is 2.62 bits per heavy atom. The van der Waals surface area contributed by atoms with Gasteiger partial charge in [0.25, 0.3) is 0 Å². The second-order valence-corrected chi connectivity index (χ2v) is 6.43. The highest BCUT2D eigenvalue weighted by molar-refractivity contribution is 5.76. The monoisotopic (exact) mass is 341 g/mol. The van der Waals surface area contributed by atoms with E-state index in [1.807, 2.05) is 0 Å². The number of aliphatic hydroxyl groups excluding tert-OH is 1. The highest BCUT2D eigenvalue weighted by atomic mass is 19.4. The van der Waals surface area contributed by atoms with Gasteiger partial charge in [0, 0.05) is 12.6 Å². The van der Waals surface area contributed by atoms with Gasteiger partial charge in [-0.25, -0.2) is 4.98 Å². The van der Waals surface area contributed by atoms with E-state index in [2.05, 4.69) is 10.3 Å². The molecule has 4 nitrogen and oxygen atoms in total. The van der Waals surface area contributed by atoms with Crippen LogP contribution in [0.25, 0.3) is 11.0 Å². The number of nitrogens with one attached hydrogen (secondary N) is 1. The first-order valence-electron chi connectivity index (χ1n) is 8.39. The standard InChI is InChI=1S/C17H22F3N3O/c18-17(19,20)16-22-14-8-4-5-9-15(14)23(16)11-13(24)10-21-12-6-2-1-3-7-12/h4-5,8-9,12-13,21,24H,1-3,6-7,10-11H2/t13-/m1/s1. The summed E-state index contributed by atoms with van der Waals surface area (Å²) in [6.07, 6.45) is 0.247. The van der Waals surface area contributed by atoms with Gasteiger partial charge in [0.05, 0.1) is 23.7 Å². The minimum absolute atomic E-state index is 0.130. The molecule has 0 aliphatic heterocycles. The van der Waals surface area contributed by atoms with Gasteiger partial charge in [-0.15, -0.1) is 0 Å². The van der Waals surface area contributed by atoms with Crippen LogP contribution < -0.4 is 5.32 Å². The average molecular weight is 341 g/mol. The Morgan fingerprint density at radius 2 is 1.92 bits per heavy atom. The van der Waals surface area contributed by atoms with Crippen LogP contribution in [0.1, 0.15) is 37.9 Å². The lowest BCUT2D eigenvalue weighted by Crippen LogP contribution is -2.38. The summed E-state index contributed by atoms with van der Waals surface area (Å²) in [6.45, 7) is 0.156. The van der Waals surface area contributed by atoms with Crippen LogP contribution in [0.3, 0.4) is 0 Å². The molecule has 1 aliphatic carbocycles. The fourth-order valence-electron chi connectivity index (χ4n) is 3.36. The van der Waals surface area contributed by atoms with Crippen molar-refractivity contribution >= 4 is 11.0 Å². The summed E-state index contributed by atoms with van der Waals surface area (Å²) >= 11 is 0. The van der Waals surface area contributed by atoms with E-state index in [0.717, 1.165) is 30.3 Å². The maximum Gasteiger partial charge on any atom is 0.449 e. The predicted molar refractivity (Wildman–Crippen MR) is 85.6 cm³/mol. The zero-order chi connectivity index (χ0) is 17.2. The first kappa shape index (κ1) is 17.2. The van der Waals surface area contributed by atoms with Crippen LogP contribution >= 0.6 is 0 Å². The predicted octanol–water partition coefficient (Wildman–Crippen LogP) is 3.34. The van der Waals surface area contributed by atoms with E-state index in [0.29, 0.717) is 11.6 Å². The average Bonchev–Trinajstić information content (AvgIpc) is 2.93. The third kappa shape index (κ3) is 3.89. The summed E-state index contributed by atoms with van der Waals surface area (Å²) in [5.74, 6) is -0.958. The summed E-state index contributed by atoms with van der Waals surface area (Å²) in [7, 11) is 0. The number of alkyl halides is 3. The first-order valence-corrected chi connectivity index (χ1v) is 8.39. The van der Waals surface area contributed by atoms with Crippen LogP contribution in [-0.2, 0) is 12.7 Å². The molecule has 1 saturated carbocycles. The molecule has 2 N–H and O–H groups in total. The molecule has 0 saturated heterocycles. The minimum Gasteiger partial charge on any atom is -0.390 e. The third-order valence-electron chi connectivity index (χ3n) is 4.55. The minimum atomic E-state index is -4.55. The molecule has 1 aliphatic rings. The van der Waals surface area contributed by atoms with Gasteiger partial charge >= 0.3 is 6.18 Å². The summed E-state index contributed by atoms with van der Waals surface area (Å²) in [4.78, 5) is 3.69. The van der Waals surface area contributed by atoms with Gasteiger partial charge in [0.2, 0.25) is 5.82 Å². The lowest BCUT2D eigenvalue weighted by molar-refractivity contribution is -0.147. The van der Waals surface area contributed by atoms with Gasteiger partial charge in [0.15, 0.2) is 0 Å². The second kappa shape index (κ2) is 7.11. The molecule has 132 valence electrons. The number of hydrogen-bond acceptors (Lipinski definition) is 3. The Hall–Kier alpha value is -1.60. The number of fused-ring (bicyclic) bond motifs is 1. The van der Waals surface area contributed by atoms with E-state index >= 15 is 0 Å². The largest absolute Gasteiger partial charge is 0.449 e. The number of benzene rings is 1. The number of para-hydroxylation sites is 2. The van der Waals surface area contributed by atoms with Gasteiger partial charge in [-0.05, 0) is 25.0 Å². The SMILES string of the molecule is O[C@H](CNC1CCCCC1)Cn1c(C(F)(F)F)nc2ccccc21. The van der Waals surface area contributed by atoms with Crippen molar-refractivity contribution < 1.29 is 18.3 Å². The summed E-state index contributed by atoms with van der Waals surface area (Å²) in [5, 5.41) is 13.5. The van der Waals surface area contributed by atoms with Crippen molar-refractivity contribution in [1.29, 1.82) is 0 Å². The van der Waals surface area contributed by atoms with E-state index in [-0.39, 0.29) is 18.6 Å². The maximum absolute atomic E-state index is 13.2. The van der Waals surface area contributed by atoms with Crippen molar-refractivity contribution in [3.8, 4) is 0 Å². The van der Waals surface area contributed by atoms with Crippen molar-refractivity contribution in [3.63, 3.8) is 0 Å². The molecule has 1 atom stereocenters. The van der Waals surface area contributed by atoms with E-state index in [9.17, 15) is 18.3 Å². The van der Waals surface area contributed by atoms with Crippen LogP contribution in [-0.4, -0.2) is 33.3 Å². The van der Waals surface area contributed by atoms with Crippen LogP contribution in [0.2, 0.25) is 0 Å². The van der Waals surface area contributed by atoms with Crippen molar-refractivity contribution in [1.82, 2.24) is 14.9 Å². The number of imidazole rings is 1. The number of nitrogens with zero attached hydrogens (tertiary/aromatic N) is 2. The molecule has 2 aromatic rings. The topological polar surface area (TPSA) is 50.1 Å². The molecule has 0 radical (unpaired) electrons. The number of hydrogen-bond donors (Lipinski definition) is 2. The van der Waals surface area contributed by atoms with Gasteiger partial charge < -0.3 is 15.0 Å². The summed E-state index contributed by atoms with van der Waals surface area (Å²) < 4.78 is 40.8. The van der Waals surface area contributed by atoms with Crippen LogP contribution in [0.5, 0.6) is 0 Å². The van der Waals surface area contributed by atoms with Crippen molar-refractivity contribution in [2.24, 2.45) is 0 Å². The van der Waals surface area contributed by atoms with Crippen molar-refractivity contribution in [2.75, 3.05) is 6.54 Å². The zero-order valence-electron chi connectivity index (χ0n) is 13.4. The quantitative estimate of drug-likeness (QED) is 0.877. The van der Waals surface area contributed by atoms with E-state index in [1.54, 1.807) is 24.3 Å². The van der Waals surface area contributed by atoms with Crippen LogP contribution in [0, 0.1) is 0 Å². The second-order valence-electron chi connectivity index (χ2n) is 6.43. The van der Waals surface area contributed by atoms with E-state index in [4.69, 9.17) is 0 Å². The fourth-order valence-corrected chi connectivity index (χ4v) is 3.36. The first-order chi connectivity index (χ1) is 11.4. The smallest absolute Gasteiger partial charge is 0.390 e. The highest BCUT2D eigenvalue weighted by Gasteiger charge is 2.37. The molecule has 1 fully saturated rings. The molecule has 24 heavy (non-hydrogen) atoms. The molecular formula is C17H22F3N3O. The Bertz CT molecular complexity index is 677. The number of rotatable bonds is 5. The Labute approximate surface area is 138 Å². The molecule has 1 aromatic heterocycles. The summed E-state index contributed by atoms with van der Waals surface area (Å²) in [6, 6.07) is 6.83. The Balaban J connectivity index is 1.73. The molecular weight excluding hydrogens is 319 g/mol. The molecule has 7 heteroatoms. The number of aromatic nitrogens is 2. The van der Waals surface area contributed by atoms with E-state index in [1.165, 1.54) is 6.42 Å². The van der Waals surface area contributed by atoms with Gasteiger partial charge in [-0.1, -0.05) is 31.4 Å². The zero-order valence-corrected chi connectivity index (χ0v) is 13.4. The molecule has 0 amide bonds. The number of halogens is 3. The maximum atomic E-state index is 13.2. The van der Waals surface area contributed by atoms with Gasteiger partial charge in [-0.2, -0.15) is 13.2 Å². The van der Waals surface area contributed by atoms with Crippen LogP contribution in [0.15, 0.2) is 24.3 Å². The fraction of sp³-hybridized carbons (Fsp3) is 0.588. The van der Waals surface area contributed by atoms with Gasteiger partial charge in [0.1, 0.15) is 0 Å². The lowest BCUT2D eigenvalue weighted by atomic mass is 9.95. The molecule has 3 rings (SSSR count). The van der Waals surface area contributed by atoms with Crippen molar-refractivity contribution in [2.45, 2.75) is 57.0 Å². The molecule has 0 unspecified atom stereocenters. The third-order valence-corrected chi connectivity index (χ3v) is 4.55. The molecule has 1 heterocycles. The Morgan fingerprint density at radius 1 is 1.21 bits per heavy atom. The normalized spacial score (nSPS) is 18.2. The summed E-state index contributed by atoms with van der Waals surface area (Å²) in [5.41, 5.74) is 0.679. The Kier molecular flexibility index (Phi) is 5.10. The van der Waals surface area contributed by atoms with Gasteiger partial charge in [-0.3, -0.25) is 0 Å². The molecule has 0 spiro atoms. The van der Waals surface area contributed by atoms with E-state index < -0.39 is 18.1 Å². The van der Waals surface area contributed by atoms with Crippen molar-refractivity contribution in [3.05, 3.63) is 30.1 Å². The lowest BCUT2D eigenvalue weighted by Gasteiger charge is -2.24. The molecule has 1 aromatic carbocycles.